The van der Waals surface area contributed by atoms with Crippen LogP contribution in [0.2, 0.25) is 0 Å². The van der Waals surface area contributed by atoms with Gasteiger partial charge < -0.3 is 16.0 Å². The maximum Gasteiger partial charge on any atom is 0.247 e. The second kappa shape index (κ2) is 12.8. The molecule has 0 spiro atoms. The smallest absolute Gasteiger partial charge is 0.247 e. The summed E-state index contributed by atoms with van der Waals surface area (Å²) in [6, 6.07) is 15.0. The number of hydrogen-bond donors (Lipinski definition) is 4. The maximum absolute atomic E-state index is 13.4. The summed E-state index contributed by atoms with van der Waals surface area (Å²) in [6.07, 6.45) is 2.67. The predicted molar refractivity (Wildman–Crippen MR) is 144 cm³/mol. The highest BCUT2D eigenvalue weighted by atomic mass is 16.2. The Labute approximate surface area is 226 Å². The fraction of sp³-hybridized carbons (Fsp3) is 0.357. The Morgan fingerprint density at radius 2 is 1.79 bits per heavy atom. The molecule has 4 rings (SSSR count). The quantitative estimate of drug-likeness (QED) is 0.293. The average molecular weight is 532 g/mol. The van der Waals surface area contributed by atoms with Crippen LogP contribution in [-0.4, -0.2) is 57.7 Å². The molecule has 3 atom stereocenters. The van der Waals surface area contributed by atoms with Gasteiger partial charge in [0, 0.05) is 12.1 Å². The Hall–Kier alpha value is -4.54. The number of carbonyl (C=O) groups is 4. The molecule has 11 nitrogen and oxygen atoms in total. The average Bonchev–Trinajstić information content (AvgIpc) is 3.61. The van der Waals surface area contributed by atoms with Gasteiger partial charge >= 0.3 is 0 Å². The number of carbonyl (C=O) groups excluding carboxylic acids is 4. The van der Waals surface area contributed by atoms with E-state index >= 15 is 0 Å². The first kappa shape index (κ1) is 27.5. The molecule has 0 aliphatic carbocycles. The zero-order valence-electron chi connectivity index (χ0n) is 22.0. The number of aromatic nitrogens is 3. The molecule has 4 amide bonds. The zero-order valence-corrected chi connectivity index (χ0v) is 22.0. The highest BCUT2D eigenvalue weighted by Gasteiger charge is 2.38. The van der Waals surface area contributed by atoms with Gasteiger partial charge in [-0.05, 0) is 23.1 Å². The van der Waals surface area contributed by atoms with E-state index in [9.17, 15) is 19.2 Å². The van der Waals surface area contributed by atoms with Gasteiger partial charge in [-0.25, -0.2) is 0 Å². The van der Waals surface area contributed by atoms with Gasteiger partial charge in [0.05, 0.1) is 25.7 Å². The summed E-state index contributed by atoms with van der Waals surface area (Å²) in [4.78, 5) is 53.7. The predicted octanol–water partition coefficient (Wildman–Crippen LogP) is 1.27. The van der Waals surface area contributed by atoms with E-state index in [4.69, 9.17) is 0 Å². The minimum Gasteiger partial charge on any atom is -0.348 e. The van der Waals surface area contributed by atoms with Crippen LogP contribution in [0.15, 0.2) is 60.8 Å². The Balaban J connectivity index is 1.41. The van der Waals surface area contributed by atoms with Crippen LogP contribution in [0.3, 0.4) is 0 Å². The van der Waals surface area contributed by atoms with E-state index in [1.807, 2.05) is 56.3 Å². The van der Waals surface area contributed by atoms with Crippen molar-refractivity contribution in [3.63, 3.8) is 0 Å². The van der Waals surface area contributed by atoms with Gasteiger partial charge in [0.2, 0.25) is 23.6 Å². The Morgan fingerprint density at radius 1 is 1.05 bits per heavy atom. The number of nitrogens with one attached hydrogen (secondary N) is 4. The lowest BCUT2D eigenvalue weighted by atomic mass is 9.98. The highest BCUT2D eigenvalue weighted by molar-refractivity contribution is 6.05. The van der Waals surface area contributed by atoms with Crippen molar-refractivity contribution in [3.8, 4) is 0 Å². The Morgan fingerprint density at radius 3 is 2.51 bits per heavy atom. The van der Waals surface area contributed by atoms with Crippen molar-refractivity contribution in [3.05, 3.63) is 77.6 Å². The van der Waals surface area contributed by atoms with Crippen LogP contribution >= 0.6 is 0 Å². The van der Waals surface area contributed by atoms with Crippen molar-refractivity contribution in [2.45, 2.75) is 51.7 Å². The van der Waals surface area contributed by atoms with Crippen LogP contribution in [-0.2, 0) is 38.6 Å². The number of nitrogens with zero attached hydrogens (tertiary/aromatic N) is 3. The topological polar surface area (TPSA) is 149 Å². The number of hydrogen-bond acceptors (Lipinski definition) is 6. The first-order valence-corrected chi connectivity index (χ1v) is 13.0. The molecule has 0 saturated heterocycles. The fourth-order valence-corrected chi connectivity index (χ4v) is 4.58. The Kier molecular flexibility index (Phi) is 9.03. The second-order valence-corrected chi connectivity index (χ2v) is 9.60. The van der Waals surface area contributed by atoms with E-state index in [0.29, 0.717) is 24.2 Å². The molecule has 11 heteroatoms. The second-order valence-electron chi connectivity index (χ2n) is 9.60. The van der Waals surface area contributed by atoms with Gasteiger partial charge in [0.15, 0.2) is 0 Å². The van der Waals surface area contributed by atoms with Crippen molar-refractivity contribution < 1.29 is 19.2 Å². The molecule has 0 bridgehead atoms. The number of anilines is 1. The SMILES string of the molecule is CCC(C)C(NC(=O)Cc1ccccc1)C(=O)NCC(=O)N1c2ccccc2C[C@H]1C(=O)NCc1cn[nH]n1. The number of aromatic amines is 1. The molecule has 0 saturated carbocycles. The molecule has 3 aromatic rings. The van der Waals surface area contributed by atoms with Crippen LogP contribution < -0.4 is 20.9 Å². The van der Waals surface area contributed by atoms with Gasteiger partial charge in [-0.3, -0.25) is 24.1 Å². The van der Waals surface area contributed by atoms with Gasteiger partial charge in [-0.1, -0.05) is 68.8 Å². The normalized spacial score (nSPS) is 15.6. The largest absolute Gasteiger partial charge is 0.348 e. The Bertz CT molecular complexity index is 1300. The highest BCUT2D eigenvalue weighted by Crippen LogP contribution is 2.32. The third-order valence-corrected chi connectivity index (χ3v) is 6.89. The summed E-state index contributed by atoms with van der Waals surface area (Å²) in [7, 11) is 0. The van der Waals surface area contributed by atoms with Gasteiger partial charge in [0.1, 0.15) is 17.8 Å². The molecule has 2 unspecified atom stereocenters. The number of H-pyrrole nitrogens is 1. The third-order valence-electron chi connectivity index (χ3n) is 6.89. The van der Waals surface area contributed by atoms with E-state index in [2.05, 4.69) is 31.4 Å². The van der Waals surface area contributed by atoms with Crippen LogP contribution in [0.5, 0.6) is 0 Å². The standard InChI is InChI=1S/C28H33N7O4/c1-3-18(2)26(32-24(36)13-19-9-5-4-6-10-19)28(39)30-17-25(37)35-22-12-8-7-11-20(22)14-23(35)27(38)29-15-21-16-31-34-33-21/h4-12,16,18,23,26H,3,13-15,17H2,1-2H3,(H,29,38)(H,30,39)(H,32,36)(H,31,33,34)/t18?,23-,26?/m0/s1. The molecule has 2 aromatic carbocycles. The molecule has 0 radical (unpaired) electrons. The minimum atomic E-state index is -0.800. The van der Waals surface area contributed by atoms with Gasteiger partial charge in [0.25, 0.3) is 0 Å². The molecule has 1 aliphatic heterocycles. The zero-order chi connectivity index (χ0) is 27.8. The summed E-state index contributed by atoms with van der Waals surface area (Å²) in [5.74, 6) is -1.63. The summed E-state index contributed by atoms with van der Waals surface area (Å²) >= 11 is 0. The third kappa shape index (κ3) is 6.86. The van der Waals surface area contributed by atoms with Crippen molar-refractivity contribution in [1.29, 1.82) is 0 Å². The van der Waals surface area contributed by atoms with Crippen LogP contribution in [0.25, 0.3) is 0 Å². The van der Waals surface area contributed by atoms with E-state index in [1.54, 1.807) is 12.1 Å². The van der Waals surface area contributed by atoms with E-state index in [1.165, 1.54) is 11.1 Å². The molecule has 1 aromatic heterocycles. The number of rotatable bonds is 11. The first-order valence-electron chi connectivity index (χ1n) is 13.0. The monoisotopic (exact) mass is 531 g/mol. The number of amides is 4. The van der Waals surface area contributed by atoms with Crippen molar-refractivity contribution in [2.24, 2.45) is 5.92 Å². The molecule has 1 aliphatic rings. The summed E-state index contributed by atoms with van der Waals surface area (Å²) < 4.78 is 0. The maximum atomic E-state index is 13.4. The lowest BCUT2D eigenvalue weighted by Crippen LogP contribution is -2.54. The molecule has 204 valence electrons. The fourth-order valence-electron chi connectivity index (χ4n) is 4.58. The van der Waals surface area contributed by atoms with Gasteiger partial charge in [-0.2, -0.15) is 15.4 Å². The summed E-state index contributed by atoms with van der Waals surface area (Å²) in [5.41, 5.74) is 2.90. The molecule has 4 N–H and O–H groups in total. The number of fused-ring (bicyclic) bond motifs is 1. The first-order chi connectivity index (χ1) is 18.9. The summed E-state index contributed by atoms with van der Waals surface area (Å²) in [5, 5.41) is 18.5. The van der Waals surface area contributed by atoms with Gasteiger partial charge in [-0.15, -0.1) is 0 Å². The van der Waals surface area contributed by atoms with Crippen molar-refractivity contribution in [2.75, 3.05) is 11.4 Å². The van der Waals surface area contributed by atoms with E-state index in [-0.39, 0.29) is 37.2 Å². The summed E-state index contributed by atoms with van der Waals surface area (Å²) in [6.45, 7) is 3.66. The van der Waals surface area contributed by atoms with Crippen LogP contribution in [0.1, 0.15) is 37.1 Å². The molecule has 2 heterocycles. The van der Waals surface area contributed by atoms with E-state index in [0.717, 1.165) is 11.1 Å². The van der Waals surface area contributed by atoms with Crippen LogP contribution in [0, 0.1) is 5.92 Å². The lowest BCUT2D eigenvalue weighted by Gasteiger charge is -2.27. The van der Waals surface area contributed by atoms with Crippen molar-refractivity contribution in [1.82, 2.24) is 31.4 Å². The molecule has 0 fully saturated rings. The minimum absolute atomic E-state index is 0.148. The lowest BCUT2D eigenvalue weighted by molar-refractivity contribution is -0.131. The number of para-hydroxylation sites is 1. The molecular weight excluding hydrogens is 498 g/mol. The molecular formula is C28H33N7O4. The number of benzene rings is 2. The molecule has 39 heavy (non-hydrogen) atoms. The van der Waals surface area contributed by atoms with E-state index < -0.39 is 23.9 Å². The van der Waals surface area contributed by atoms with Crippen molar-refractivity contribution >= 4 is 29.3 Å². The van der Waals surface area contributed by atoms with Crippen LogP contribution in [0.4, 0.5) is 5.69 Å².